The lowest BCUT2D eigenvalue weighted by Crippen LogP contribution is -2.10. The van der Waals surface area contributed by atoms with Gasteiger partial charge < -0.3 is 18.6 Å². The van der Waals surface area contributed by atoms with Crippen LogP contribution in [0.4, 0.5) is 42.9 Å². The molecule has 0 aliphatic rings. The summed E-state index contributed by atoms with van der Waals surface area (Å²) in [5.74, 6) is 0.288. The molecular formula is C56H42F2N2O2. The van der Waals surface area contributed by atoms with Crippen molar-refractivity contribution in [1.29, 1.82) is 0 Å². The molecule has 0 saturated carbocycles. The van der Waals surface area contributed by atoms with Gasteiger partial charge in [-0.15, -0.1) is 0 Å². The number of rotatable bonds is 8. The lowest BCUT2D eigenvalue weighted by Gasteiger charge is -2.26. The minimum atomic E-state index is -0.271. The molecule has 11 aromatic rings. The van der Waals surface area contributed by atoms with Crippen molar-refractivity contribution in [3.8, 4) is 0 Å². The third-order valence-corrected chi connectivity index (χ3v) is 12.3. The fraction of sp³-hybridized carbons (Fsp3) is 0.107. The van der Waals surface area contributed by atoms with Crippen LogP contribution in [0.15, 0.2) is 179 Å². The minimum absolute atomic E-state index is 0.271. The quantitative estimate of drug-likeness (QED) is 0.153. The first kappa shape index (κ1) is 37.6. The van der Waals surface area contributed by atoms with Crippen molar-refractivity contribution in [2.45, 2.75) is 39.5 Å². The average Bonchev–Trinajstić information content (AvgIpc) is 3.81. The summed E-state index contributed by atoms with van der Waals surface area (Å²) in [6.07, 6.45) is 0. The van der Waals surface area contributed by atoms with Crippen molar-refractivity contribution in [1.82, 2.24) is 0 Å². The highest BCUT2D eigenvalue weighted by atomic mass is 19.1. The highest BCUT2D eigenvalue weighted by Gasteiger charge is 2.19. The van der Waals surface area contributed by atoms with Gasteiger partial charge in [0, 0.05) is 55.7 Å². The molecule has 0 aliphatic carbocycles. The maximum Gasteiger partial charge on any atom is 0.136 e. The fourth-order valence-electron chi connectivity index (χ4n) is 8.87. The summed E-state index contributed by atoms with van der Waals surface area (Å²) in [5, 5.41) is 8.22. The molecular weight excluding hydrogens is 771 g/mol. The van der Waals surface area contributed by atoms with Crippen molar-refractivity contribution in [2.24, 2.45) is 0 Å². The van der Waals surface area contributed by atoms with E-state index in [2.05, 4.69) is 159 Å². The predicted molar refractivity (Wildman–Crippen MR) is 253 cm³/mol. The van der Waals surface area contributed by atoms with E-state index in [4.69, 9.17) is 8.83 Å². The largest absolute Gasteiger partial charge is 0.456 e. The molecule has 2 heterocycles. The van der Waals surface area contributed by atoms with Gasteiger partial charge in [0.05, 0.1) is 0 Å². The molecule has 0 radical (unpaired) electrons. The van der Waals surface area contributed by atoms with Gasteiger partial charge in [-0.05, 0) is 178 Å². The topological polar surface area (TPSA) is 32.8 Å². The number of hydrogen-bond donors (Lipinski definition) is 0. The number of benzene rings is 9. The second-order valence-corrected chi connectivity index (χ2v) is 16.9. The highest BCUT2D eigenvalue weighted by Crippen LogP contribution is 2.43. The first-order chi connectivity index (χ1) is 30.1. The van der Waals surface area contributed by atoms with Gasteiger partial charge in [-0.1, -0.05) is 64.1 Å². The SMILES string of the molecule is CC(C)c1ccc(N(c2ccc(F)cc2)c2ccc3cc4c(cc3c2)oc2cc3c(cc24)oc2cc4cc(N(c5ccc(F)cc5)c5ccc(C(C)C)cc5)ccc4cc23)cc1. The Morgan fingerprint density at radius 3 is 0.984 bits per heavy atom. The van der Waals surface area contributed by atoms with Crippen LogP contribution < -0.4 is 9.80 Å². The van der Waals surface area contributed by atoms with E-state index in [1.807, 2.05) is 24.3 Å². The maximum atomic E-state index is 14.1. The summed E-state index contributed by atoms with van der Waals surface area (Å²) < 4.78 is 41.4. The van der Waals surface area contributed by atoms with Crippen molar-refractivity contribution in [3.05, 3.63) is 193 Å². The Bertz CT molecular complexity index is 3240. The van der Waals surface area contributed by atoms with E-state index in [9.17, 15) is 8.78 Å². The average molecular weight is 813 g/mol. The Labute approximate surface area is 357 Å². The van der Waals surface area contributed by atoms with Crippen LogP contribution in [-0.2, 0) is 0 Å². The zero-order chi connectivity index (χ0) is 42.2. The molecule has 9 aromatic carbocycles. The van der Waals surface area contributed by atoms with Gasteiger partial charge in [0.15, 0.2) is 0 Å². The third kappa shape index (κ3) is 6.51. The predicted octanol–water partition coefficient (Wildman–Crippen LogP) is 17.3. The number of fused-ring (bicyclic) bond motifs is 8. The van der Waals surface area contributed by atoms with Crippen molar-refractivity contribution in [2.75, 3.05) is 9.80 Å². The summed E-state index contributed by atoms with van der Waals surface area (Å²) in [7, 11) is 0. The summed E-state index contributed by atoms with van der Waals surface area (Å²) in [4.78, 5) is 4.31. The van der Waals surface area contributed by atoms with Crippen LogP contribution in [0.3, 0.4) is 0 Å². The molecule has 0 fully saturated rings. The van der Waals surface area contributed by atoms with Gasteiger partial charge in [-0.3, -0.25) is 0 Å². The Balaban J connectivity index is 0.981. The lowest BCUT2D eigenvalue weighted by molar-refractivity contribution is 0.627. The number of nitrogens with zero attached hydrogens (tertiary/aromatic N) is 2. The number of furan rings is 2. The summed E-state index contributed by atoms with van der Waals surface area (Å²) in [6.45, 7) is 8.75. The van der Waals surface area contributed by atoms with Gasteiger partial charge >= 0.3 is 0 Å². The molecule has 11 rings (SSSR count). The molecule has 6 heteroatoms. The van der Waals surface area contributed by atoms with Crippen molar-refractivity contribution in [3.63, 3.8) is 0 Å². The van der Waals surface area contributed by atoms with Gasteiger partial charge in [0.1, 0.15) is 34.0 Å². The van der Waals surface area contributed by atoms with E-state index in [0.29, 0.717) is 11.8 Å². The van der Waals surface area contributed by atoms with E-state index in [0.717, 1.165) is 99.5 Å². The fourth-order valence-corrected chi connectivity index (χ4v) is 8.87. The zero-order valence-electron chi connectivity index (χ0n) is 34.8. The molecule has 302 valence electrons. The molecule has 0 spiro atoms. The number of anilines is 6. The Morgan fingerprint density at radius 1 is 0.323 bits per heavy atom. The maximum absolute atomic E-state index is 14.1. The first-order valence-electron chi connectivity index (χ1n) is 21.1. The van der Waals surface area contributed by atoms with Gasteiger partial charge in [0.2, 0.25) is 0 Å². The molecule has 2 aromatic heterocycles. The van der Waals surface area contributed by atoms with Crippen LogP contribution in [0.25, 0.3) is 65.4 Å². The molecule has 0 saturated heterocycles. The monoisotopic (exact) mass is 812 g/mol. The van der Waals surface area contributed by atoms with Gasteiger partial charge in [-0.2, -0.15) is 0 Å². The minimum Gasteiger partial charge on any atom is -0.456 e. The van der Waals surface area contributed by atoms with Gasteiger partial charge in [-0.25, -0.2) is 8.78 Å². The zero-order valence-corrected chi connectivity index (χ0v) is 34.8. The van der Waals surface area contributed by atoms with E-state index >= 15 is 0 Å². The van der Waals surface area contributed by atoms with Crippen LogP contribution >= 0.6 is 0 Å². The molecule has 0 bridgehead atoms. The van der Waals surface area contributed by atoms with E-state index in [1.54, 1.807) is 0 Å². The Hall–Kier alpha value is -7.44. The van der Waals surface area contributed by atoms with E-state index < -0.39 is 0 Å². The second kappa shape index (κ2) is 14.6. The molecule has 62 heavy (non-hydrogen) atoms. The number of halogens is 2. The first-order valence-corrected chi connectivity index (χ1v) is 21.1. The third-order valence-electron chi connectivity index (χ3n) is 12.3. The molecule has 0 unspecified atom stereocenters. The molecule has 4 nitrogen and oxygen atoms in total. The molecule has 0 amide bonds. The van der Waals surface area contributed by atoms with Crippen LogP contribution in [0, 0.1) is 11.6 Å². The van der Waals surface area contributed by atoms with E-state index in [1.165, 1.54) is 35.4 Å². The molecule has 0 aliphatic heterocycles. The van der Waals surface area contributed by atoms with Crippen LogP contribution in [0.5, 0.6) is 0 Å². The van der Waals surface area contributed by atoms with Crippen LogP contribution in [0.1, 0.15) is 50.7 Å². The van der Waals surface area contributed by atoms with Crippen LogP contribution in [0.2, 0.25) is 0 Å². The smallest absolute Gasteiger partial charge is 0.136 e. The normalized spacial score (nSPS) is 12.0. The van der Waals surface area contributed by atoms with Gasteiger partial charge in [0.25, 0.3) is 0 Å². The van der Waals surface area contributed by atoms with Crippen LogP contribution in [-0.4, -0.2) is 0 Å². The molecule has 0 atom stereocenters. The second-order valence-electron chi connectivity index (χ2n) is 16.9. The summed E-state index contributed by atoms with van der Waals surface area (Å²) in [6, 6.07) is 56.0. The van der Waals surface area contributed by atoms with Crippen molar-refractivity contribution >= 4 is 99.5 Å². The highest BCUT2D eigenvalue weighted by molar-refractivity contribution is 6.18. The number of hydrogen-bond acceptors (Lipinski definition) is 4. The summed E-state index contributed by atoms with van der Waals surface area (Å²) >= 11 is 0. The standard InChI is InChI=1S/C56H42F2N2O2/c1-33(2)35-5-15-43(16-6-35)59(45-21-11-41(57)12-22-45)47-19-9-37-27-49-51-31-56-52(32-55(51)61-53(49)29-39(37)25-47)50-28-38-10-20-48(26-40(38)30-54(50)62-56)60(46-23-13-42(58)14-24-46)44-17-7-36(8-18-44)34(3)4/h5-34H,1-4H3. The Morgan fingerprint density at radius 2 is 0.629 bits per heavy atom. The van der Waals surface area contributed by atoms with E-state index in [-0.39, 0.29) is 11.6 Å². The van der Waals surface area contributed by atoms with Crippen molar-refractivity contribution < 1.29 is 17.6 Å². The lowest BCUT2D eigenvalue weighted by atomic mass is 10.0. The Kier molecular flexibility index (Phi) is 8.86. The summed E-state index contributed by atoms with van der Waals surface area (Å²) in [5.41, 5.74) is 11.3. The molecule has 0 N–H and O–H groups in total.